The fourth-order valence-corrected chi connectivity index (χ4v) is 2.67. The molecule has 1 aromatic carbocycles. The summed E-state index contributed by atoms with van der Waals surface area (Å²) in [6.45, 7) is 3.96. The molecular weight excluding hydrogens is 319 g/mol. The first kappa shape index (κ1) is 16.2. The van der Waals surface area contributed by atoms with E-state index < -0.39 is 22.4 Å². The van der Waals surface area contributed by atoms with Gasteiger partial charge in [0.2, 0.25) is 0 Å². The van der Waals surface area contributed by atoms with Crippen LogP contribution >= 0.6 is 11.3 Å². The molecule has 1 N–H and O–H groups in total. The average molecular weight is 331 g/mol. The van der Waals surface area contributed by atoms with E-state index in [9.17, 15) is 23.3 Å². The number of hydrogen-bond donors (Lipinski definition) is 1. The Morgan fingerprint density at radius 2 is 2.05 bits per heavy atom. The Morgan fingerprint density at radius 3 is 2.55 bits per heavy atom. The van der Waals surface area contributed by atoms with Crippen molar-refractivity contribution in [1.29, 1.82) is 0 Å². The summed E-state index contributed by atoms with van der Waals surface area (Å²) in [5.74, 6) is 0. The highest BCUT2D eigenvalue weighted by molar-refractivity contribution is 7.11. The number of halogens is 3. The summed E-state index contributed by atoms with van der Waals surface area (Å²) in [5.41, 5.74) is -0.766. The molecule has 0 aliphatic heterocycles. The van der Waals surface area contributed by atoms with E-state index in [2.05, 4.69) is 10.3 Å². The number of nitro benzene ring substituents is 1. The highest BCUT2D eigenvalue weighted by Crippen LogP contribution is 2.35. The molecule has 2 aromatic rings. The van der Waals surface area contributed by atoms with Crippen molar-refractivity contribution >= 4 is 22.7 Å². The van der Waals surface area contributed by atoms with Crippen LogP contribution in [-0.4, -0.2) is 9.91 Å². The van der Waals surface area contributed by atoms with Crippen molar-refractivity contribution in [2.75, 3.05) is 5.32 Å². The predicted octanol–water partition coefficient (Wildman–Crippen LogP) is 4.30. The fraction of sp³-hybridized carbons (Fsp3) is 0.308. The predicted molar refractivity (Wildman–Crippen MR) is 77.0 cm³/mol. The Balaban J connectivity index is 2.25. The average Bonchev–Trinajstić information content (AvgIpc) is 2.74. The van der Waals surface area contributed by atoms with E-state index in [1.807, 2.05) is 13.8 Å². The van der Waals surface area contributed by atoms with Gasteiger partial charge in [0, 0.05) is 10.9 Å². The van der Waals surface area contributed by atoms with Gasteiger partial charge in [0.25, 0.3) is 5.69 Å². The lowest BCUT2D eigenvalue weighted by Gasteiger charge is -2.09. The highest BCUT2D eigenvalue weighted by atomic mass is 32.1. The van der Waals surface area contributed by atoms with Gasteiger partial charge in [0.05, 0.1) is 22.7 Å². The Morgan fingerprint density at radius 1 is 1.36 bits per heavy atom. The number of alkyl halides is 3. The van der Waals surface area contributed by atoms with Crippen LogP contribution in [0.25, 0.3) is 0 Å². The summed E-state index contributed by atoms with van der Waals surface area (Å²) in [4.78, 5) is 15.4. The molecule has 0 radical (unpaired) electrons. The van der Waals surface area contributed by atoms with Gasteiger partial charge < -0.3 is 5.32 Å². The van der Waals surface area contributed by atoms with Crippen molar-refractivity contribution in [3.8, 4) is 0 Å². The Bertz CT molecular complexity index is 694. The SMILES string of the molecule is Cc1nc(CNc2ccc(C(F)(F)F)cc2[N+](=O)[O-])sc1C. The van der Waals surface area contributed by atoms with Gasteiger partial charge in [-0.3, -0.25) is 10.1 Å². The number of nitrogens with one attached hydrogen (secondary N) is 1. The van der Waals surface area contributed by atoms with Crippen molar-refractivity contribution < 1.29 is 18.1 Å². The lowest BCUT2D eigenvalue weighted by molar-refractivity contribution is -0.384. The highest BCUT2D eigenvalue weighted by Gasteiger charge is 2.33. The maximum absolute atomic E-state index is 12.6. The van der Waals surface area contributed by atoms with Gasteiger partial charge in [-0.25, -0.2) is 4.98 Å². The molecule has 0 fully saturated rings. The van der Waals surface area contributed by atoms with Gasteiger partial charge in [0.1, 0.15) is 10.7 Å². The summed E-state index contributed by atoms with van der Waals surface area (Å²) >= 11 is 1.43. The molecule has 118 valence electrons. The van der Waals surface area contributed by atoms with Crippen molar-refractivity contribution in [3.63, 3.8) is 0 Å². The van der Waals surface area contributed by atoms with Crippen LogP contribution in [-0.2, 0) is 12.7 Å². The third kappa shape index (κ3) is 3.53. The van der Waals surface area contributed by atoms with Gasteiger partial charge in [-0.15, -0.1) is 11.3 Å². The van der Waals surface area contributed by atoms with Gasteiger partial charge in [-0.05, 0) is 26.0 Å². The minimum Gasteiger partial charge on any atom is -0.373 e. The zero-order valence-electron chi connectivity index (χ0n) is 11.7. The third-order valence-corrected chi connectivity index (χ3v) is 4.10. The molecule has 22 heavy (non-hydrogen) atoms. The summed E-state index contributed by atoms with van der Waals surface area (Å²) in [5, 5.41) is 14.4. The molecule has 1 aromatic heterocycles. The second kappa shape index (κ2) is 5.91. The van der Waals surface area contributed by atoms with Crippen LogP contribution in [0.2, 0.25) is 0 Å². The first-order valence-corrected chi connectivity index (χ1v) is 7.02. The number of nitrogens with zero attached hydrogens (tertiary/aromatic N) is 2. The summed E-state index contributed by atoms with van der Waals surface area (Å²) in [6.07, 6.45) is -4.62. The van der Waals surface area contributed by atoms with Crippen LogP contribution < -0.4 is 5.32 Å². The first-order chi connectivity index (χ1) is 10.2. The molecule has 0 atom stereocenters. The smallest absolute Gasteiger partial charge is 0.373 e. The molecular formula is C13H12F3N3O2S. The normalized spacial score (nSPS) is 11.5. The minimum absolute atomic E-state index is 0.0310. The van der Waals surface area contributed by atoms with Crippen LogP contribution in [0, 0.1) is 24.0 Å². The molecule has 0 spiro atoms. The summed E-state index contributed by atoms with van der Waals surface area (Å²) < 4.78 is 37.8. The quantitative estimate of drug-likeness (QED) is 0.670. The van der Waals surface area contributed by atoms with Crippen molar-refractivity contribution in [3.05, 3.63) is 49.5 Å². The van der Waals surface area contributed by atoms with Crippen LogP contribution in [0.5, 0.6) is 0 Å². The second-order valence-corrected chi connectivity index (χ2v) is 5.88. The van der Waals surface area contributed by atoms with Crippen molar-refractivity contribution in [2.45, 2.75) is 26.6 Å². The van der Waals surface area contributed by atoms with E-state index in [1.54, 1.807) is 0 Å². The number of hydrogen-bond acceptors (Lipinski definition) is 5. The van der Waals surface area contributed by atoms with E-state index in [0.29, 0.717) is 11.1 Å². The molecule has 0 saturated heterocycles. The molecule has 1 heterocycles. The van der Waals surface area contributed by atoms with E-state index in [-0.39, 0.29) is 12.2 Å². The maximum atomic E-state index is 12.6. The topological polar surface area (TPSA) is 68.1 Å². The van der Waals surface area contributed by atoms with Gasteiger partial charge in [0.15, 0.2) is 0 Å². The Kier molecular flexibility index (Phi) is 4.36. The number of benzene rings is 1. The summed E-state index contributed by atoms with van der Waals surface area (Å²) in [6, 6.07) is 2.41. The van der Waals surface area contributed by atoms with E-state index in [1.165, 1.54) is 11.3 Å². The van der Waals surface area contributed by atoms with Crippen LogP contribution in [0.4, 0.5) is 24.5 Å². The zero-order valence-corrected chi connectivity index (χ0v) is 12.5. The van der Waals surface area contributed by atoms with Gasteiger partial charge in [-0.2, -0.15) is 13.2 Å². The number of anilines is 1. The van der Waals surface area contributed by atoms with Crippen LogP contribution in [0.3, 0.4) is 0 Å². The van der Waals surface area contributed by atoms with Gasteiger partial charge >= 0.3 is 6.18 Å². The van der Waals surface area contributed by atoms with E-state index in [4.69, 9.17) is 0 Å². The van der Waals surface area contributed by atoms with Crippen molar-refractivity contribution in [1.82, 2.24) is 4.98 Å². The number of aryl methyl sites for hydroxylation is 2. The minimum atomic E-state index is -4.62. The fourth-order valence-electron chi connectivity index (χ4n) is 1.79. The molecule has 0 saturated carbocycles. The third-order valence-electron chi connectivity index (χ3n) is 3.02. The zero-order chi connectivity index (χ0) is 16.5. The monoisotopic (exact) mass is 331 g/mol. The van der Waals surface area contributed by atoms with E-state index in [0.717, 1.165) is 22.7 Å². The first-order valence-electron chi connectivity index (χ1n) is 6.21. The van der Waals surface area contributed by atoms with E-state index >= 15 is 0 Å². The van der Waals surface area contributed by atoms with Crippen LogP contribution in [0.15, 0.2) is 18.2 Å². The number of rotatable bonds is 4. The lowest BCUT2D eigenvalue weighted by atomic mass is 10.1. The largest absolute Gasteiger partial charge is 0.416 e. The second-order valence-electron chi connectivity index (χ2n) is 4.59. The molecule has 2 rings (SSSR count). The lowest BCUT2D eigenvalue weighted by Crippen LogP contribution is -2.08. The molecule has 0 amide bonds. The standard InChI is InChI=1S/C13H12F3N3O2S/c1-7-8(2)22-12(18-7)6-17-10-4-3-9(13(14,15)16)5-11(10)19(20)21/h3-5,17H,6H2,1-2H3. The molecule has 0 aliphatic rings. The number of aromatic nitrogens is 1. The number of thiazole rings is 1. The maximum Gasteiger partial charge on any atom is 0.416 e. The van der Waals surface area contributed by atoms with Crippen molar-refractivity contribution in [2.24, 2.45) is 0 Å². The Labute approximate surface area is 128 Å². The molecule has 9 heteroatoms. The number of nitro groups is 1. The summed E-state index contributed by atoms with van der Waals surface area (Å²) in [7, 11) is 0. The van der Waals surface area contributed by atoms with Crippen LogP contribution in [0.1, 0.15) is 21.1 Å². The Hall–Kier alpha value is -2.16. The van der Waals surface area contributed by atoms with Gasteiger partial charge in [-0.1, -0.05) is 0 Å². The molecule has 0 bridgehead atoms. The molecule has 5 nitrogen and oxygen atoms in total. The molecule has 0 aliphatic carbocycles. The molecule has 0 unspecified atom stereocenters.